The zero-order chi connectivity index (χ0) is 22.1. The van der Waals surface area contributed by atoms with Gasteiger partial charge in [-0.05, 0) is 44.5 Å². The Hall–Kier alpha value is -2.97. The van der Waals surface area contributed by atoms with E-state index in [1.54, 1.807) is 17.0 Å². The largest absolute Gasteiger partial charge is 0.496 e. The molecule has 1 N–H and O–H groups in total. The molecular weight excluding hydrogens is 414 g/mol. The maximum absolute atomic E-state index is 13.4. The molecule has 0 bridgehead atoms. The Kier molecular flexibility index (Phi) is 5.93. The van der Waals surface area contributed by atoms with Crippen molar-refractivity contribution in [2.45, 2.75) is 20.8 Å². The second-order valence-electron chi connectivity index (χ2n) is 7.63. The molecule has 1 fully saturated rings. The fourth-order valence-electron chi connectivity index (χ4n) is 3.80. The molecule has 1 aliphatic heterocycles. The van der Waals surface area contributed by atoms with E-state index in [2.05, 4.69) is 10.3 Å². The minimum Gasteiger partial charge on any atom is -0.496 e. The number of aryl methyl sites for hydroxylation is 3. The van der Waals surface area contributed by atoms with Gasteiger partial charge in [-0.3, -0.25) is 9.59 Å². The third-order valence-corrected chi connectivity index (χ3v) is 6.39. The number of hydrogen-bond donors (Lipinski definition) is 1. The number of carbonyl (C=O) groups is 2. The molecule has 2 amide bonds. The van der Waals surface area contributed by atoms with Gasteiger partial charge in [0.15, 0.2) is 0 Å². The molecule has 7 nitrogen and oxygen atoms in total. The van der Waals surface area contributed by atoms with Gasteiger partial charge in [0.1, 0.15) is 15.5 Å². The van der Waals surface area contributed by atoms with Gasteiger partial charge in [0, 0.05) is 24.2 Å². The van der Waals surface area contributed by atoms with Crippen molar-refractivity contribution >= 4 is 39.1 Å². The van der Waals surface area contributed by atoms with Gasteiger partial charge < -0.3 is 19.7 Å². The van der Waals surface area contributed by atoms with Gasteiger partial charge in [0.05, 0.1) is 31.6 Å². The van der Waals surface area contributed by atoms with Gasteiger partial charge in [-0.2, -0.15) is 0 Å². The number of fused-ring (bicyclic) bond motifs is 1. The van der Waals surface area contributed by atoms with Crippen molar-refractivity contribution in [3.05, 3.63) is 51.5 Å². The van der Waals surface area contributed by atoms with Gasteiger partial charge in [0.25, 0.3) is 11.8 Å². The molecule has 1 saturated heterocycles. The maximum Gasteiger partial charge on any atom is 0.266 e. The number of pyridine rings is 1. The van der Waals surface area contributed by atoms with Crippen LogP contribution in [0.25, 0.3) is 10.2 Å². The highest BCUT2D eigenvalue weighted by Gasteiger charge is 2.28. The van der Waals surface area contributed by atoms with Crippen molar-refractivity contribution in [1.82, 2.24) is 9.88 Å². The molecule has 31 heavy (non-hydrogen) atoms. The zero-order valence-corrected chi connectivity index (χ0v) is 18.9. The predicted molar refractivity (Wildman–Crippen MR) is 122 cm³/mol. The van der Waals surface area contributed by atoms with E-state index in [9.17, 15) is 9.59 Å². The summed E-state index contributed by atoms with van der Waals surface area (Å²) in [5.41, 5.74) is 3.71. The molecule has 1 aromatic carbocycles. The summed E-state index contributed by atoms with van der Waals surface area (Å²) < 4.78 is 10.8. The van der Waals surface area contributed by atoms with Crippen LogP contribution in [0, 0.1) is 20.8 Å². The Morgan fingerprint density at radius 3 is 2.61 bits per heavy atom. The van der Waals surface area contributed by atoms with Crippen LogP contribution in [0.2, 0.25) is 0 Å². The van der Waals surface area contributed by atoms with Crippen molar-refractivity contribution in [2.24, 2.45) is 0 Å². The first-order valence-electron chi connectivity index (χ1n) is 10.1. The molecule has 1 aliphatic rings. The standard InChI is InChI=1S/C23H25N3O4S/c1-13-5-6-17(29-4)16(11-13)21(27)25-19-18-14(2)12-15(3)24-22(18)31-20(19)23(28)26-7-9-30-10-8-26/h5-6,11-12H,7-10H2,1-4H3,(H,25,27). The highest BCUT2D eigenvalue weighted by atomic mass is 32.1. The number of benzene rings is 1. The molecule has 0 spiro atoms. The topological polar surface area (TPSA) is 80.8 Å². The van der Waals surface area contributed by atoms with Gasteiger partial charge in [-0.1, -0.05) is 11.6 Å². The second-order valence-corrected chi connectivity index (χ2v) is 8.63. The number of hydrogen-bond acceptors (Lipinski definition) is 6. The number of nitrogens with zero attached hydrogens (tertiary/aromatic N) is 2. The van der Waals surface area contributed by atoms with Crippen LogP contribution in [0.15, 0.2) is 24.3 Å². The quantitative estimate of drug-likeness (QED) is 0.666. The highest BCUT2D eigenvalue weighted by Crippen LogP contribution is 2.38. The Bertz CT molecular complexity index is 1170. The van der Waals surface area contributed by atoms with Crippen LogP contribution in [-0.4, -0.2) is 55.1 Å². The third kappa shape index (κ3) is 4.13. The number of rotatable bonds is 4. The van der Waals surface area contributed by atoms with E-state index in [-0.39, 0.29) is 11.8 Å². The average Bonchev–Trinajstić information content (AvgIpc) is 3.11. The lowest BCUT2D eigenvalue weighted by Gasteiger charge is -2.26. The number of aromatic nitrogens is 1. The van der Waals surface area contributed by atoms with Gasteiger partial charge >= 0.3 is 0 Å². The van der Waals surface area contributed by atoms with Crippen LogP contribution in [0.4, 0.5) is 5.69 Å². The minimum absolute atomic E-state index is 0.116. The van der Waals surface area contributed by atoms with E-state index in [1.165, 1.54) is 18.4 Å². The van der Waals surface area contributed by atoms with E-state index in [0.29, 0.717) is 48.2 Å². The van der Waals surface area contributed by atoms with Crippen LogP contribution in [0.3, 0.4) is 0 Å². The fraction of sp³-hybridized carbons (Fsp3) is 0.348. The lowest BCUT2D eigenvalue weighted by Crippen LogP contribution is -2.40. The van der Waals surface area contributed by atoms with Gasteiger partial charge in [-0.15, -0.1) is 11.3 Å². The number of amides is 2. The number of nitrogens with one attached hydrogen (secondary N) is 1. The summed E-state index contributed by atoms with van der Waals surface area (Å²) in [5.74, 6) is 0.0421. The zero-order valence-electron chi connectivity index (χ0n) is 18.1. The van der Waals surface area contributed by atoms with E-state index in [0.717, 1.165) is 27.0 Å². The summed E-state index contributed by atoms with van der Waals surface area (Å²) in [6.07, 6.45) is 0. The monoisotopic (exact) mass is 439 g/mol. The van der Waals surface area contributed by atoms with Crippen LogP contribution >= 0.6 is 11.3 Å². The Balaban J connectivity index is 1.81. The third-order valence-electron chi connectivity index (χ3n) is 5.32. The fourth-order valence-corrected chi connectivity index (χ4v) is 5.02. The molecule has 162 valence electrons. The summed E-state index contributed by atoms with van der Waals surface area (Å²) in [6, 6.07) is 7.40. The first kappa shape index (κ1) is 21.3. The van der Waals surface area contributed by atoms with Crippen molar-refractivity contribution in [2.75, 3.05) is 38.7 Å². The van der Waals surface area contributed by atoms with E-state index >= 15 is 0 Å². The molecule has 3 heterocycles. The Labute approximate surface area is 185 Å². The van der Waals surface area contributed by atoms with Crippen molar-refractivity contribution < 1.29 is 19.1 Å². The number of carbonyl (C=O) groups excluding carboxylic acids is 2. The van der Waals surface area contributed by atoms with E-state index < -0.39 is 0 Å². The van der Waals surface area contributed by atoms with Crippen molar-refractivity contribution in [3.63, 3.8) is 0 Å². The van der Waals surface area contributed by atoms with Crippen LogP contribution in [-0.2, 0) is 4.74 Å². The highest BCUT2D eigenvalue weighted by molar-refractivity contribution is 7.21. The normalized spacial score (nSPS) is 14.0. The molecule has 0 aliphatic carbocycles. The average molecular weight is 440 g/mol. The number of thiophene rings is 1. The SMILES string of the molecule is COc1ccc(C)cc1C(=O)Nc1c(C(=O)N2CCOCC2)sc2nc(C)cc(C)c12. The summed E-state index contributed by atoms with van der Waals surface area (Å²) in [5, 5.41) is 3.80. The Morgan fingerprint density at radius 1 is 1.16 bits per heavy atom. The number of morpholine rings is 1. The second kappa shape index (κ2) is 8.64. The van der Waals surface area contributed by atoms with Crippen molar-refractivity contribution in [1.29, 1.82) is 0 Å². The summed E-state index contributed by atoms with van der Waals surface area (Å²) in [6.45, 7) is 7.88. The number of ether oxygens (including phenoxy) is 2. The van der Waals surface area contributed by atoms with Gasteiger partial charge in [0.2, 0.25) is 0 Å². The first-order chi connectivity index (χ1) is 14.9. The smallest absolute Gasteiger partial charge is 0.266 e. The lowest BCUT2D eigenvalue weighted by atomic mass is 10.1. The number of methoxy groups -OCH3 is 1. The number of anilines is 1. The molecule has 3 aromatic rings. The van der Waals surface area contributed by atoms with E-state index in [4.69, 9.17) is 9.47 Å². The maximum atomic E-state index is 13.4. The Morgan fingerprint density at radius 2 is 1.90 bits per heavy atom. The van der Waals surface area contributed by atoms with Crippen LogP contribution in [0.5, 0.6) is 5.75 Å². The van der Waals surface area contributed by atoms with Crippen LogP contribution < -0.4 is 10.1 Å². The first-order valence-corrected chi connectivity index (χ1v) is 10.9. The minimum atomic E-state index is -0.323. The van der Waals surface area contributed by atoms with Crippen LogP contribution in [0.1, 0.15) is 36.9 Å². The summed E-state index contributed by atoms with van der Waals surface area (Å²) in [4.78, 5) is 34.2. The molecule has 4 rings (SSSR count). The molecule has 0 saturated carbocycles. The lowest BCUT2D eigenvalue weighted by molar-refractivity contribution is 0.0307. The summed E-state index contributed by atoms with van der Waals surface area (Å²) in [7, 11) is 1.53. The molecule has 8 heteroatoms. The van der Waals surface area contributed by atoms with Crippen molar-refractivity contribution in [3.8, 4) is 5.75 Å². The molecule has 0 unspecified atom stereocenters. The molecule has 2 aromatic heterocycles. The molecule has 0 atom stereocenters. The van der Waals surface area contributed by atoms with E-state index in [1.807, 2.05) is 32.9 Å². The summed E-state index contributed by atoms with van der Waals surface area (Å²) >= 11 is 1.32. The predicted octanol–water partition coefficient (Wildman–Crippen LogP) is 3.95. The van der Waals surface area contributed by atoms with Gasteiger partial charge in [-0.25, -0.2) is 4.98 Å². The molecular formula is C23H25N3O4S. The molecule has 0 radical (unpaired) electrons.